The first-order chi connectivity index (χ1) is 16.1. The summed E-state index contributed by atoms with van der Waals surface area (Å²) < 4.78 is 16.4. The molecule has 3 N–H and O–H groups in total. The van der Waals surface area contributed by atoms with Crippen LogP contribution in [0.1, 0.15) is 11.3 Å². The lowest BCUT2D eigenvalue weighted by Gasteiger charge is -2.13. The molecule has 8 nitrogen and oxygen atoms in total. The lowest BCUT2D eigenvalue weighted by molar-refractivity contribution is 0.301. The molecule has 2 aromatic carbocycles. The molecule has 2 heterocycles. The summed E-state index contributed by atoms with van der Waals surface area (Å²) in [6, 6.07) is 15.3. The summed E-state index contributed by atoms with van der Waals surface area (Å²) in [5.74, 6) is 1.62. The van der Waals surface area contributed by atoms with Crippen LogP contribution in [0.3, 0.4) is 0 Å². The van der Waals surface area contributed by atoms with Gasteiger partial charge in [-0.15, -0.1) is 0 Å². The second-order valence-electron chi connectivity index (χ2n) is 6.93. The molecular weight excluding hydrogens is 460 g/mol. The summed E-state index contributed by atoms with van der Waals surface area (Å²) in [7, 11) is 0. The van der Waals surface area contributed by atoms with Crippen LogP contribution in [0.5, 0.6) is 11.5 Å². The predicted octanol–water partition coefficient (Wildman–Crippen LogP) is 4.55. The molecule has 168 valence electrons. The highest BCUT2D eigenvalue weighted by molar-refractivity contribution is 7.99. The molecule has 4 aromatic rings. The maximum atomic E-state index is 9.55. The van der Waals surface area contributed by atoms with Gasteiger partial charge in [-0.05, 0) is 42.5 Å². The summed E-state index contributed by atoms with van der Waals surface area (Å²) in [5.41, 5.74) is 8.33. The van der Waals surface area contributed by atoms with Crippen molar-refractivity contribution in [3.63, 3.8) is 0 Å². The fourth-order valence-electron chi connectivity index (χ4n) is 3.32. The van der Waals surface area contributed by atoms with Crippen LogP contribution in [0.15, 0.2) is 54.9 Å². The number of nitriles is 1. The van der Waals surface area contributed by atoms with E-state index in [1.807, 2.05) is 47.4 Å². The number of ether oxygens (including phenoxy) is 2. The van der Waals surface area contributed by atoms with Crippen molar-refractivity contribution in [1.29, 1.82) is 5.26 Å². The highest BCUT2D eigenvalue weighted by atomic mass is 35.5. The largest absolute Gasteiger partial charge is 0.489 e. The minimum atomic E-state index is 0.285. The number of anilines is 1. The van der Waals surface area contributed by atoms with E-state index in [4.69, 9.17) is 26.8 Å². The van der Waals surface area contributed by atoms with Crippen LogP contribution >= 0.6 is 23.5 Å². The van der Waals surface area contributed by atoms with Crippen LogP contribution in [0.25, 0.3) is 16.6 Å². The van der Waals surface area contributed by atoms with Crippen molar-refractivity contribution in [3.05, 3.63) is 71.1 Å². The van der Waals surface area contributed by atoms with E-state index in [1.165, 1.54) is 11.9 Å². The number of nitrogens with one attached hydrogen (secondary N) is 1. The Kier molecular flexibility index (Phi) is 7.19. The molecule has 0 saturated carbocycles. The van der Waals surface area contributed by atoms with E-state index in [-0.39, 0.29) is 6.61 Å². The van der Waals surface area contributed by atoms with Gasteiger partial charge in [0, 0.05) is 36.3 Å². The Morgan fingerprint density at radius 1 is 1.21 bits per heavy atom. The van der Waals surface area contributed by atoms with E-state index >= 15 is 0 Å². The van der Waals surface area contributed by atoms with E-state index in [2.05, 4.69) is 20.8 Å². The topological polar surface area (TPSA) is 111 Å². The highest BCUT2D eigenvalue weighted by Crippen LogP contribution is 2.33. The van der Waals surface area contributed by atoms with Crippen molar-refractivity contribution in [2.45, 2.75) is 6.61 Å². The smallest absolute Gasteiger partial charge is 0.233 e. The third kappa shape index (κ3) is 5.14. The van der Waals surface area contributed by atoms with Gasteiger partial charge >= 0.3 is 0 Å². The average Bonchev–Trinajstić information content (AvgIpc) is 3.25. The summed E-state index contributed by atoms with van der Waals surface area (Å²) in [6.07, 6.45) is 5.53. The van der Waals surface area contributed by atoms with Gasteiger partial charge in [0.1, 0.15) is 25.0 Å². The quantitative estimate of drug-likeness (QED) is 0.335. The molecule has 0 aliphatic heterocycles. The first-order valence-corrected chi connectivity index (χ1v) is 11.6. The Morgan fingerprint density at radius 3 is 2.88 bits per heavy atom. The zero-order valence-corrected chi connectivity index (χ0v) is 19.4. The third-order valence-electron chi connectivity index (χ3n) is 4.75. The maximum Gasteiger partial charge on any atom is 0.233 e. The normalized spacial score (nSPS) is 10.7. The zero-order valence-electron chi connectivity index (χ0n) is 17.8. The van der Waals surface area contributed by atoms with Crippen LogP contribution < -0.4 is 19.9 Å². The number of nitrogens with zero attached hydrogens (tertiary/aromatic N) is 4. The predicted molar refractivity (Wildman–Crippen MR) is 131 cm³/mol. The molecule has 0 saturated heterocycles. The molecule has 0 bridgehead atoms. The number of rotatable bonds is 9. The van der Waals surface area contributed by atoms with E-state index in [9.17, 15) is 5.26 Å². The second kappa shape index (κ2) is 10.4. The van der Waals surface area contributed by atoms with Crippen LogP contribution in [-0.2, 0) is 6.61 Å². The average molecular weight is 481 g/mol. The van der Waals surface area contributed by atoms with E-state index in [0.717, 1.165) is 28.0 Å². The Hall–Kier alpha value is -3.45. The van der Waals surface area contributed by atoms with Gasteiger partial charge in [0.25, 0.3) is 0 Å². The van der Waals surface area contributed by atoms with Crippen molar-refractivity contribution in [2.24, 2.45) is 5.73 Å². The van der Waals surface area contributed by atoms with Gasteiger partial charge in [-0.1, -0.05) is 23.5 Å². The standard InChI is InChI=1S/C23H21ClN6O2S/c1-33-29-23-27-7-4-17(28-23)14-32-19-2-3-21-15(11-19)5-8-30(21)18-10-16(13-26)22(20(24)12-18)31-9-6-25/h2-5,7-8,10-12H,6,9,14,25H2,1H3,(H,27,28,29). The molecule has 4 rings (SSSR count). The number of nitrogens with two attached hydrogens (primary N) is 1. The molecule has 0 aliphatic carbocycles. The van der Waals surface area contributed by atoms with Gasteiger partial charge in [0.05, 0.1) is 21.8 Å². The minimum absolute atomic E-state index is 0.285. The van der Waals surface area contributed by atoms with Crippen molar-refractivity contribution in [2.75, 3.05) is 24.1 Å². The maximum absolute atomic E-state index is 9.55. The fraction of sp³-hybridized carbons (Fsp3) is 0.174. The number of hydrogen-bond acceptors (Lipinski definition) is 8. The summed E-state index contributed by atoms with van der Waals surface area (Å²) in [5, 5.41) is 10.9. The third-order valence-corrected chi connectivity index (χ3v) is 5.41. The summed E-state index contributed by atoms with van der Waals surface area (Å²) in [4.78, 5) is 8.56. The minimum Gasteiger partial charge on any atom is -0.489 e. The summed E-state index contributed by atoms with van der Waals surface area (Å²) >= 11 is 7.84. The van der Waals surface area contributed by atoms with Crippen LogP contribution in [0, 0.1) is 11.3 Å². The van der Waals surface area contributed by atoms with Crippen molar-refractivity contribution < 1.29 is 9.47 Å². The van der Waals surface area contributed by atoms with Gasteiger partial charge < -0.3 is 19.8 Å². The molecule has 0 fully saturated rings. The zero-order chi connectivity index (χ0) is 23.2. The molecule has 2 aromatic heterocycles. The van der Waals surface area contributed by atoms with Gasteiger partial charge in [-0.3, -0.25) is 4.72 Å². The monoisotopic (exact) mass is 480 g/mol. The van der Waals surface area contributed by atoms with Gasteiger partial charge in [-0.2, -0.15) is 5.26 Å². The Labute approximate surface area is 200 Å². The number of aromatic nitrogens is 3. The fourth-order valence-corrected chi connectivity index (χ4v) is 3.87. The molecule has 0 spiro atoms. The SMILES string of the molecule is CSNc1nccc(COc2ccc3c(ccn3-c3cc(Cl)c(OCCN)c(C#N)c3)c2)n1. The number of hydrogen-bond donors (Lipinski definition) is 2. The van der Waals surface area contributed by atoms with Gasteiger partial charge in [-0.25, -0.2) is 9.97 Å². The van der Waals surface area contributed by atoms with E-state index < -0.39 is 0 Å². The number of halogens is 1. The first-order valence-electron chi connectivity index (χ1n) is 10.0. The highest BCUT2D eigenvalue weighted by Gasteiger charge is 2.14. The van der Waals surface area contributed by atoms with Gasteiger partial charge in [0.15, 0.2) is 5.75 Å². The number of fused-ring (bicyclic) bond motifs is 1. The Balaban J connectivity index is 1.57. The van der Waals surface area contributed by atoms with Crippen LogP contribution in [0.4, 0.5) is 5.95 Å². The van der Waals surface area contributed by atoms with Crippen LogP contribution in [-0.4, -0.2) is 33.9 Å². The number of benzene rings is 2. The van der Waals surface area contributed by atoms with Crippen molar-refractivity contribution >= 4 is 40.4 Å². The van der Waals surface area contributed by atoms with Gasteiger partial charge in [0.2, 0.25) is 5.95 Å². The van der Waals surface area contributed by atoms with E-state index in [1.54, 1.807) is 18.3 Å². The molecular formula is C23H21ClN6O2S. The molecule has 0 aliphatic rings. The molecule has 0 unspecified atom stereocenters. The second-order valence-corrected chi connectivity index (χ2v) is 7.95. The summed E-state index contributed by atoms with van der Waals surface area (Å²) in [6.45, 7) is 0.944. The first kappa shape index (κ1) is 22.7. The Bertz CT molecular complexity index is 1320. The lowest BCUT2D eigenvalue weighted by atomic mass is 10.2. The molecule has 0 atom stereocenters. The van der Waals surface area contributed by atoms with Crippen molar-refractivity contribution in [1.82, 2.24) is 14.5 Å². The van der Waals surface area contributed by atoms with E-state index in [0.29, 0.717) is 35.4 Å². The van der Waals surface area contributed by atoms with Crippen molar-refractivity contribution in [3.8, 4) is 23.3 Å². The molecule has 10 heteroatoms. The lowest BCUT2D eigenvalue weighted by Crippen LogP contribution is -2.11. The Morgan fingerprint density at radius 2 is 2.09 bits per heavy atom. The molecule has 33 heavy (non-hydrogen) atoms. The molecule has 0 amide bonds. The van der Waals surface area contributed by atoms with Crippen LogP contribution in [0.2, 0.25) is 5.02 Å². The molecule has 0 radical (unpaired) electrons.